The Bertz CT molecular complexity index is 1260. The molecule has 1 N–H and O–H groups in total. The van der Waals surface area contributed by atoms with Gasteiger partial charge in [0.1, 0.15) is 23.8 Å². The first-order chi connectivity index (χ1) is 16.4. The van der Waals surface area contributed by atoms with Crippen LogP contribution >= 0.6 is 12.2 Å². The normalized spacial score (nSPS) is 14.5. The lowest BCUT2D eigenvalue weighted by molar-refractivity contribution is -0.113. The van der Waals surface area contributed by atoms with Crippen molar-refractivity contribution >= 4 is 35.0 Å². The zero-order valence-electron chi connectivity index (χ0n) is 19.8. The Hall–Kier alpha value is -3.64. The second-order valence-corrected chi connectivity index (χ2v) is 8.58. The van der Waals surface area contributed by atoms with E-state index in [0.717, 1.165) is 51.4 Å². The second-order valence-electron chi connectivity index (χ2n) is 8.19. The Morgan fingerprint density at radius 1 is 1.00 bits per heavy atom. The Labute approximate surface area is 206 Å². The van der Waals surface area contributed by atoms with Crippen molar-refractivity contribution in [2.24, 2.45) is 0 Å². The average Bonchev–Trinajstić information content (AvgIpc) is 3.11. The van der Waals surface area contributed by atoms with E-state index in [2.05, 4.69) is 12.2 Å². The van der Waals surface area contributed by atoms with Gasteiger partial charge in [-0.25, -0.2) is 0 Å². The highest BCUT2D eigenvalue weighted by molar-refractivity contribution is 7.80. The van der Waals surface area contributed by atoms with Gasteiger partial charge in [0.2, 0.25) is 0 Å². The molecule has 0 radical (unpaired) electrons. The Morgan fingerprint density at radius 3 is 2.44 bits per heavy atom. The van der Waals surface area contributed by atoms with Gasteiger partial charge in [0.25, 0.3) is 5.91 Å². The lowest BCUT2D eigenvalue weighted by Crippen LogP contribution is -2.31. The summed E-state index contributed by atoms with van der Waals surface area (Å²) in [5, 5.41) is 3.46. The van der Waals surface area contributed by atoms with Crippen LogP contribution in [0, 0.1) is 13.8 Å². The average molecular weight is 473 g/mol. The summed E-state index contributed by atoms with van der Waals surface area (Å²) in [4.78, 5) is 14.8. The first kappa shape index (κ1) is 23.5. The smallest absolute Gasteiger partial charge is 0.281 e. The lowest BCUT2D eigenvalue weighted by atomic mass is 10.1. The molecule has 174 valence electrons. The van der Waals surface area contributed by atoms with E-state index in [9.17, 15) is 4.79 Å². The van der Waals surface area contributed by atoms with E-state index in [1.807, 2.05) is 80.6 Å². The molecule has 0 atom stereocenters. The number of methoxy groups -OCH3 is 1. The molecule has 0 bridgehead atoms. The summed E-state index contributed by atoms with van der Waals surface area (Å²) in [5.74, 6) is 1.43. The van der Waals surface area contributed by atoms with Crippen LogP contribution in [0.3, 0.4) is 0 Å². The van der Waals surface area contributed by atoms with Gasteiger partial charge in [-0.3, -0.25) is 9.69 Å². The molecule has 4 rings (SSSR count). The lowest BCUT2D eigenvalue weighted by Gasteiger charge is -2.17. The minimum atomic E-state index is -0.171. The van der Waals surface area contributed by atoms with Gasteiger partial charge < -0.3 is 14.8 Å². The molecule has 0 unspecified atom stereocenters. The summed E-state index contributed by atoms with van der Waals surface area (Å²) in [6.45, 7) is 6.47. The van der Waals surface area contributed by atoms with Gasteiger partial charge >= 0.3 is 0 Å². The second kappa shape index (κ2) is 10.1. The van der Waals surface area contributed by atoms with Crippen molar-refractivity contribution in [1.29, 1.82) is 0 Å². The number of thiocarbonyl (C=S) groups is 1. The predicted octanol–water partition coefficient (Wildman–Crippen LogP) is 5.72. The first-order valence-corrected chi connectivity index (χ1v) is 11.6. The van der Waals surface area contributed by atoms with Crippen LogP contribution in [0.15, 0.2) is 66.4 Å². The number of rotatable bonds is 7. The molecular weight excluding hydrogens is 444 g/mol. The number of benzene rings is 3. The van der Waals surface area contributed by atoms with Crippen molar-refractivity contribution in [3.05, 3.63) is 94.2 Å². The number of hydrogen-bond acceptors (Lipinski definition) is 4. The monoisotopic (exact) mass is 472 g/mol. The number of para-hydroxylation sites is 2. The maximum absolute atomic E-state index is 13.2. The van der Waals surface area contributed by atoms with Gasteiger partial charge in [0.15, 0.2) is 5.11 Å². The highest BCUT2D eigenvalue weighted by Gasteiger charge is 2.33. The van der Waals surface area contributed by atoms with Gasteiger partial charge in [0.05, 0.1) is 12.8 Å². The molecule has 34 heavy (non-hydrogen) atoms. The molecule has 1 fully saturated rings. The molecule has 3 aromatic rings. The van der Waals surface area contributed by atoms with Gasteiger partial charge in [-0.05, 0) is 79.0 Å². The third-order valence-corrected chi connectivity index (χ3v) is 6.17. The summed E-state index contributed by atoms with van der Waals surface area (Å²) >= 11 is 5.50. The van der Waals surface area contributed by atoms with Crippen molar-refractivity contribution in [3.63, 3.8) is 0 Å². The van der Waals surface area contributed by atoms with E-state index in [1.165, 1.54) is 0 Å². The minimum Gasteiger partial charge on any atom is -0.496 e. The van der Waals surface area contributed by atoms with E-state index in [1.54, 1.807) is 12.0 Å². The summed E-state index contributed by atoms with van der Waals surface area (Å²) < 4.78 is 11.7. The molecule has 1 aliphatic heterocycles. The summed E-state index contributed by atoms with van der Waals surface area (Å²) in [6.07, 6.45) is 2.62. The Kier molecular flexibility index (Phi) is 6.98. The highest BCUT2D eigenvalue weighted by atomic mass is 32.1. The Morgan fingerprint density at radius 2 is 1.74 bits per heavy atom. The molecule has 0 aliphatic carbocycles. The van der Waals surface area contributed by atoms with Crippen LogP contribution in [0.1, 0.15) is 34.7 Å². The van der Waals surface area contributed by atoms with E-state index < -0.39 is 0 Å². The predicted molar refractivity (Wildman–Crippen MR) is 140 cm³/mol. The maximum Gasteiger partial charge on any atom is 0.281 e. The third-order valence-electron chi connectivity index (χ3n) is 5.89. The zero-order valence-corrected chi connectivity index (χ0v) is 20.7. The van der Waals surface area contributed by atoms with Crippen molar-refractivity contribution in [3.8, 4) is 11.5 Å². The summed E-state index contributed by atoms with van der Waals surface area (Å²) in [5.41, 5.74) is 6.22. The number of carbonyl (C=O) groups is 1. The number of aryl methyl sites for hydroxylation is 3. The standard InChI is InChI=1S/C28H28N2O3S/c1-5-21-11-6-7-12-24(21)30-27(31)23(29-28(30)34)16-20-13-14-25(32-4)22(15-20)17-33-26-18(2)9-8-10-19(26)3/h6-16H,5,17H2,1-4H3,(H,29,34)/b23-16+. The first-order valence-electron chi connectivity index (χ1n) is 11.2. The fraction of sp³-hybridized carbons (Fsp3) is 0.214. The number of nitrogens with one attached hydrogen (secondary N) is 1. The molecule has 1 aliphatic rings. The van der Waals surface area contributed by atoms with Crippen molar-refractivity contribution in [1.82, 2.24) is 5.32 Å². The minimum absolute atomic E-state index is 0.171. The number of ether oxygens (including phenoxy) is 2. The number of amides is 1. The van der Waals surface area contributed by atoms with E-state index in [0.29, 0.717) is 17.4 Å². The van der Waals surface area contributed by atoms with Crippen LogP contribution in [-0.4, -0.2) is 18.1 Å². The van der Waals surface area contributed by atoms with Crippen LogP contribution in [0.2, 0.25) is 0 Å². The highest BCUT2D eigenvalue weighted by Crippen LogP contribution is 2.29. The largest absolute Gasteiger partial charge is 0.496 e. The van der Waals surface area contributed by atoms with E-state index in [4.69, 9.17) is 21.7 Å². The van der Waals surface area contributed by atoms with Crippen molar-refractivity contribution in [2.75, 3.05) is 12.0 Å². The molecule has 3 aromatic carbocycles. The third kappa shape index (κ3) is 4.68. The van der Waals surface area contributed by atoms with E-state index in [-0.39, 0.29) is 5.91 Å². The van der Waals surface area contributed by atoms with Crippen LogP contribution in [0.5, 0.6) is 11.5 Å². The zero-order chi connectivity index (χ0) is 24.2. The fourth-order valence-electron chi connectivity index (χ4n) is 4.13. The molecular formula is C28H28N2O3S. The Balaban J connectivity index is 1.61. The van der Waals surface area contributed by atoms with Crippen LogP contribution in [0.4, 0.5) is 5.69 Å². The molecule has 1 heterocycles. The molecule has 6 heteroatoms. The number of carbonyl (C=O) groups excluding carboxylic acids is 1. The summed E-state index contributed by atoms with van der Waals surface area (Å²) in [6, 6.07) is 19.7. The molecule has 5 nitrogen and oxygen atoms in total. The van der Waals surface area contributed by atoms with Crippen LogP contribution < -0.4 is 19.7 Å². The number of nitrogens with zero attached hydrogens (tertiary/aromatic N) is 1. The molecule has 0 spiro atoms. The number of hydrogen-bond donors (Lipinski definition) is 1. The molecule has 0 saturated carbocycles. The number of anilines is 1. The van der Waals surface area contributed by atoms with Crippen molar-refractivity contribution < 1.29 is 14.3 Å². The van der Waals surface area contributed by atoms with Crippen LogP contribution in [0.25, 0.3) is 6.08 Å². The van der Waals surface area contributed by atoms with Gasteiger partial charge in [-0.15, -0.1) is 0 Å². The molecule has 1 amide bonds. The fourth-order valence-corrected chi connectivity index (χ4v) is 4.42. The molecule has 0 aromatic heterocycles. The quantitative estimate of drug-likeness (QED) is 0.352. The van der Waals surface area contributed by atoms with Crippen LogP contribution in [-0.2, 0) is 17.8 Å². The van der Waals surface area contributed by atoms with Gasteiger partial charge in [-0.1, -0.05) is 49.4 Å². The van der Waals surface area contributed by atoms with E-state index >= 15 is 0 Å². The van der Waals surface area contributed by atoms with Gasteiger partial charge in [-0.2, -0.15) is 0 Å². The molecule has 1 saturated heterocycles. The summed E-state index contributed by atoms with van der Waals surface area (Å²) in [7, 11) is 1.64. The SMILES string of the molecule is CCc1ccccc1N1C(=O)/C(=C\c2ccc(OC)c(COc3c(C)cccc3C)c2)NC1=S. The van der Waals surface area contributed by atoms with Gasteiger partial charge in [0, 0.05) is 5.56 Å². The van der Waals surface area contributed by atoms with Crippen molar-refractivity contribution in [2.45, 2.75) is 33.8 Å². The maximum atomic E-state index is 13.2. The topological polar surface area (TPSA) is 50.8 Å².